The van der Waals surface area contributed by atoms with E-state index in [0.29, 0.717) is 37.9 Å². The summed E-state index contributed by atoms with van der Waals surface area (Å²) in [5.74, 6) is 0.646. The van der Waals surface area contributed by atoms with Gasteiger partial charge in [-0.3, -0.25) is 9.59 Å². The number of nitrogens with zero attached hydrogens (tertiary/aromatic N) is 1. The smallest absolute Gasteiger partial charge is 0.306 e. The minimum absolute atomic E-state index is 0.0218. The number of carbonyl (C=O) groups is 2. The molecule has 0 N–H and O–H groups in total. The molecule has 1 aliphatic rings. The molecule has 7 nitrogen and oxygen atoms in total. The van der Waals surface area contributed by atoms with Crippen molar-refractivity contribution in [3.8, 4) is 0 Å². The highest BCUT2D eigenvalue weighted by atomic mass is 16.7. The number of hydrogen-bond acceptors (Lipinski definition) is 7. The van der Waals surface area contributed by atoms with Crippen LogP contribution in [0.2, 0.25) is 0 Å². The predicted molar refractivity (Wildman–Crippen MR) is 250 cm³/mol. The lowest BCUT2D eigenvalue weighted by atomic mass is 9.92. The first-order chi connectivity index (χ1) is 28.8. The van der Waals surface area contributed by atoms with Crippen LogP contribution in [0.3, 0.4) is 0 Å². The van der Waals surface area contributed by atoms with E-state index >= 15 is 0 Å². The van der Waals surface area contributed by atoms with E-state index in [4.69, 9.17) is 18.9 Å². The molecule has 1 atom stereocenters. The third kappa shape index (κ3) is 32.2. The topological polar surface area (TPSA) is 74.3 Å². The quantitative estimate of drug-likeness (QED) is 0.0447. The van der Waals surface area contributed by atoms with Crippen molar-refractivity contribution in [2.75, 3.05) is 40.0 Å². The predicted octanol–water partition coefficient (Wildman–Crippen LogP) is 15.1. The summed E-state index contributed by atoms with van der Waals surface area (Å²) in [4.78, 5) is 27.5. The van der Waals surface area contributed by atoms with Gasteiger partial charge >= 0.3 is 11.9 Å². The van der Waals surface area contributed by atoms with Gasteiger partial charge < -0.3 is 23.8 Å². The first-order valence-electron chi connectivity index (χ1n) is 26.1. The maximum Gasteiger partial charge on any atom is 0.306 e. The van der Waals surface area contributed by atoms with E-state index in [1.165, 1.54) is 154 Å². The van der Waals surface area contributed by atoms with Gasteiger partial charge in [-0.2, -0.15) is 0 Å². The molecule has 7 heteroatoms. The lowest BCUT2D eigenvalue weighted by molar-refractivity contribution is -0.180. The van der Waals surface area contributed by atoms with Crippen LogP contribution in [0.5, 0.6) is 0 Å². The van der Waals surface area contributed by atoms with Gasteiger partial charge in [-0.1, -0.05) is 176 Å². The van der Waals surface area contributed by atoms with Crippen molar-refractivity contribution in [1.82, 2.24) is 4.90 Å². The molecule has 0 bridgehead atoms. The van der Waals surface area contributed by atoms with Crippen LogP contribution < -0.4 is 0 Å². The molecule has 1 saturated heterocycles. The van der Waals surface area contributed by atoms with Crippen LogP contribution in [0.4, 0.5) is 0 Å². The van der Waals surface area contributed by atoms with E-state index in [0.717, 1.165) is 77.5 Å². The Morgan fingerprint density at radius 3 is 1.29 bits per heavy atom. The first kappa shape index (κ1) is 55.8. The van der Waals surface area contributed by atoms with Gasteiger partial charge in [0, 0.05) is 32.2 Å². The van der Waals surface area contributed by atoms with Gasteiger partial charge in [-0.15, -0.1) is 0 Å². The lowest BCUT2D eigenvalue weighted by Crippen LogP contribution is -2.32. The molecule has 0 saturated carbocycles. The Bertz CT molecular complexity index is 866. The summed E-state index contributed by atoms with van der Waals surface area (Å²) in [6, 6.07) is 0. The Morgan fingerprint density at radius 2 is 0.915 bits per heavy atom. The highest BCUT2D eigenvalue weighted by molar-refractivity contribution is 5.70. The fraction of sp³-hybridized carbons (Fsp3) is 0.962. The average molecular weight is 836 g/mol. The minimum atomic E-state index is -0.404. The number of ether oxygens (including phenoxy) is 4. The monoisotopic (exact) mass is 836 g/mol. The third-order valence-electron chi connectivity index (χ3n) is 13.0. The molecule has 1 aliphatic heterocycles. The zero-order valence-electron chi connectivity index (χ0n) is 40.4. The Balaban J connectivity index is 2.28. The first-order valence-corrected chi connectivity index (χ1v) is 26.1. The van der Waals surface area contributed by atoms with E-state index in [-0.39, 0.29) is 18.0 Å². The largest absolute Gasteiger partial charge is 0.466 e. The van der Waals surface area contributed by atoms with E-state index in [1.807, 2.05) is 0 Å². The Kier molecular flexibility index (Phi) is 37.5. The molecule has 0 amide bonds. The average Bonchev–Trinajstić information content (AvgIpc) is 3.64. The number of hydrogen-bond donors (Lipinski definition) is 0. The molecular weight excluding hydrogens is 735 g/mol. The summed E-state index contributed by atoms with van der Waals surface area (Å²) in [6.07, 6.45) is 40.5. The van der Waals surface area contributed by atoms with Crippen molar-refractivity contribution in [3.63, 3.8) is 0 Å². The SMILES string of the molecule is CCCCCC(CCCCC)CC(=O)OCCCCCCCCCC1(CCCCCCCCCOC(=O)CC(CCCCC)CCCCC)OCC(CCN(C)CC)O1. The summed E-state index contributed by atoms with van der Waals surface area (Å²) in [6.45, 7) is 15.2. The summed E-state index contributed by atoms with van der Waals surface area (Å²) in [5, 5.41) is 0. The van der Waals surface area contributed by atoms with Crippen LogP contribution in [-0.2, 0) is 28.5 Å². The Morgan fingerprint density at radius 1 is 0.542 bits per heavy atom. The maximum atomic E-state index is 12.6. The molecule has 0 aromatic rings. The van der Waals surface area contributed by atoms with Gasteiger partial charge in [0.05, 0.1) is 25.9 Å². The second kappa shape index (κ2) is 39.7. The third-order valence-corrected chi connectivity index (χ3v) is 13.0. The molecule has 59 heavy (non-hydrogen) atoms. The fourth-order valence-electron chi connectivity index (χ4n) is 8.82. The molecule has 0 aromatic heterocycles. The molecule has 1 rings (SSSR count). The summed E-state index contributed by atoms with van der Waals surface area (Å²) in [5.41, 5.74) is 0. The van der Waals surface area contributed by atoms with Gasteiger partial charge in [0.1, 0.15) is 0 Å². The summed E-state index contributed by atoms with van der Waals surface area (Å²) in [7, 11) is 2.18. The van der Waals surface area contributed by atoms with E-state index in [9.17, 15) is 9.59 Å². The fourth-order valence-corrected chi connectivity index (χ4v) is 8.82. The molecule has 0 radical (unpaired) electrons. The van der Waals surface area contributed by atoms with Crippen molar-refractivity contribution >= 4 is 11.9 Å². The van der Waals surface area contributed by atoms with E-state index in [1.54, 1.807) is 0 Å². The van der Waals surface area contributed by atoms with Crippen molar-refractivity contribution in [1.29, 1.82) is 0 Å². The minimum Gasteiger partial charge on any atom is -0.466 e. The van der Waals surface area contributed by atoms with Crippen molar-refractivity contribution in [3.05, 3.63) is 0 Å². The van der Waals surface area contributed by atoms with Gasteiger partial charge in [-0.25, -0.2) is 0 Å². The number of unbranched alkanes of at least 4 members (excludes halogenated alkanes) is 20. The van der Waals surface area contributed by atoms with Crippen LogP contribution in [-0.4, -0.2) is 68.7 Å². The standard InChI is InChI=1S/C52H101NO6/c1-7-12-26-34-47(35-27-13-8-2)44-50(54)56-42-32-24-20-16-18-22-30-39-52(58-46-49(59-52)38-41-53(6)11-5)40-31-23-19-17-21-25-33-43-57-51(55)45-48(36-28-14-9-3)37-29-15-10-4/h47-49H,7-46H2,1-6H3. The molecule has 0 spiro atoms. The van der Waals surface area contributed by atoms with E-state index < -0.39 is 5.79 Å². The van der Waals surface area contributed by atoms with Crippen LogP contribution >= 0.6 is 0 Å². The zero-order valence-corrected chi connectivity index (χ0v) is 40.4. The molecule has 350 valence electrons. The van der Waals surface area contributed by atoms with Gasteiger partial charge in [0.25, 0.3) is 0 Å². The summed E-state index contributed by atoms with van der Waals surface area (Å²) >= 11 is 0. The van der Waals surface area contributed by atoms with E-state index in [2.05, 4.69) is 46.6 Å². The highest BCUT2D eigenvalue weighted by Crippen LogP contribution is 2.36. The van der Waals surface area contributed by atoms with Gasteiger partial charge in [-0.05, 0) is 83.2 Å². The Labute approximate surface area is 367 Å². The lowest BCUT2D eigenvalue weighted by Gasteiger charge is -2.29. The van der Waals surface area contributed by atoms with Crippen LogP contribution in [0.1, 0.15) is 259 Å². The van der Waals surface area contributed by atoms with Crippen molar-refractivity contribution in [2.45, 2.75) is 271 Å². The normalized spacial score (nSPS) is 15.2. The highest BCUT2D eigenvalue weighted by Gasteiger charge is 2.40. The van der Waals surface area contributed by atoms with Crippen LogP contribution in [0.25, 0.3) is 0 Å². The molecule has 1 fully saturated rings. The Hall–Kier alpha value is -1.18. The van der Waals surface area contributed by atoms with Crippen molar-refractivity contribution < 1.29 is 28.5 Å². The van der Waals surface area contributed by atoms with Crippen LogP contribution in [0.15, 0.2) is 0 Å². The second-order valence-corrected chi connectivity index (χ2v) is 18.7. The molecular formula is C52H101NO6. The molecule has 1 unspecified atom stereocenters. The zero-order chi connectivity index (χ0) is 43.1. The van der Waals surface area contributed by atoms with Crippen molar-refractivity contribution in [2.24, 2.45) is 11.8 Å². The molecule has 0 aliphatic carbocycles. The number of carbonyl (C=O) groups excluding carboxylic acids is 2. The maximum absolute atomic E-state index is 12.6. The molecule has 1 heterocycles. The molecule has 0 aromatic carbocycles. The summed E-state index contributed by atoms with van der Waals surface area (Å²) < 4.78 is 24.6. The van der Waals surface area contributed by atoms with Crippen LogP contribution in [0, 0.1) is 11.8 Å². The van der Waals surface area contributed by atoms with Gasteiger partial charge in [0.15, 0.2) is 5.79 Å². The number of rotatable bonds is 44. The van der Waals surface area contributed by atoms with Gasteiger partial charge in [0.2, 0.25) is 0 Å². The second-order valence-electron chi connectivity index (χ2n) is 18.7. The number of esters is 2.